The van der Waals surface area contributed by atoms with Crippen LogP contribution in [0.25, 0.3) is 0 Å². The third-order valence-corrected chi connectivity index (χ3v) is 1.78. The predicted molar refractivity (Wildman–Crippen MR) is 52.3 cm³/mol. The Kier molecular flexibility index (Phi) is 3.82. The van der Waals surface area contributed by atoms with E-state index in [0.29, 0.717) is 11.9 Å². The number of hydrogen-bond acceptors (Lipinski definition) is 3. The van der Waals surface area contributed by atoms with Crippen molar-refractivity contribution in [3.8, 4) is 5.75 Å². The van der Waals surface area contributed by atoms with Crippen molar-refractivity contribution in [3.05, 3.63) is 34.1 Å². The second-order valence-corrected chi connectivity index (χ2v) is 3.20. The van der Waals surface area contributed by atoms with Crippen molar-refractivity contribution in [2.45, 2.75) is 0 Å². The zero-order valence-electron chi connectivity index (χ0n) is 7.07. The Bertz CT molecular complexity index is 345. The molecular formula is C8H7BrFNO3. The van der Waals surface area contributed by atoms with Crippen LogP contribution >= 0.6 is 15.9 Å². The van der Waals surface area contributed by atoms with Crippen molar-refractivity contribution in [3.63, 3.8) is 0 Å². The van der Waals surface area contributed by atoms with Crippen LogP contribution in [0.2, 0.25) is 0 Å². The first-order chi connectivity index (χ1) is 6.65. The zero-order valence-corrected chi connectivity index (χ0v) is 8.66. The van der Waals surface area contributed by atoms with E-state index in [9.17, 15) is 14.5 Å². The lowest BCUT2D eigenvalue weighted by Gasteiger charge is -2.04. The number of nitro groups is 1. The van der Waals surface area contributed by atoms with E-state index < -0.39 is 10.7 Å². The zero-order chi connectivity index (χ0) is 10.6. The van der Waals surface area contributed by atoms with Crippen LogP contribution in [0.5, 0.6) is 5.75 Å². The fraction of sp³-hybridized carbons (Fsp3) is 0.250. The molecule has 0 aliphatic rings. The van der Waals surface area contributed by atoms with Gasteiger partial charge in [-0.1, -0.05) is 15.9 Å². The summed E-state index contributed by atoms with van der Waals surface area (Å²) in [5.41, 5.74) is -0.356. The van der Waals surface area contributed by atoms with Crippen LogP contribution in [0.15, 0.2) is 18.2 Å². The molecule has 0 heterocycles. The highest BCUT2D eigenvalue weighted by Gasteiger charge is 2.15. The molecule has 1 aromatic rings. The minimum Gasteiger partial charge on any atom is -0.486 e. The van der Waals surface area contributed by atoms with Crippen molar-refractivity contribution in [1.82, 2.24) is 0 Å². The second-order valence-electron chi connectivity index (χ2n) is 2.41. The molecule has 4 nitrogen and oxygen atoms in total. The molecule has 0 unspecified atom stereocenters. The lowest BCUT2D eigenvalue weighted by atomic mass is 10.3. The average Bonchev–Trinajstić information content (AvgIpc) is 2.15. The van der Waals surface area contributed by atoms with Gasteiger partial charge < -0.3 is 4.74 Å². The van der Waals surface area contributed by atoms with E-state index in [2.05, 4.69) is 15.9 Å². The largest absolute Gasteiger partial charge is 0.486 e. The number of ether oxygens (including phenoxy) is 1. The Morgan fingerprint density at radius 3 is 2.86 bits per heavy atom. The van der Waals surface area contributed by atoms with E-state index in [-0.39, 0.29) is 11.4 Å². The number of hydrogen-bond donors (Lipinski definition) is 0. The predicted octanol–water partition coefficient (Wildman–Crippen LogP) is 2.51. The summed E-state index contributed by atoms with van der Waals surface area (Å²) in [5, 5.41) is 11.0. The molecule has 0 aliphatic carbocycles. The number of nitro benzene ring substituents is 1. The third-order valence-electron chi connectivity index (χ3n) is 1.45. The Labute approximate surface area is 88.0 Å². The summed E-state index contributed by atoms with van der Waals surface area (Å²) >= 11 is 3.11. The molecule has 6 heteroatoms. The van der Waals surface area contributed by atoms with Crippen molar-refractivity contribution in [2.24, 2.45) is 0 Å². The van der Waals surface area contributed by atoms with Gasteiger partial charge in [-0.05, 0) is 12.1 Å². The topological polar surface area (TPSA) is 52.4 Å². The Morgan fingerprint density at radius 2 is 2.29 bits per heavy atom. The van der Waals surface area contributed by atoms with Gasteiger partial charge in [-0.15, -0.1) is 0 Å². The van der Waals surface area contributed by atoms with E-state index in [1.165, 1.54) is 6.07 Å². The Morgan fingerprint density at radius 1 is 1.57 bits per heavy atom. The third kappa shape index (κ3) is 2.66. The van der Waals surface area contributed by atoms with Gasteiger partial charge in [0, 0.05) is 5.33 Å². The van der Waals surface area contributed by atoms with Gasteiger partial charge in [0.05, 0.1) is 17.6 Å². The van der Waals surface area contributed by atoms with Gasteiger partial charge in [-0.2, -0.15) is 0 Å². The summed E-state index contributed by atoms with van der Waals surface area (Å²) in [6, 6.07) is 3.20. The van der Waals surface area contributed by atoms with Crippen molar-refractivity contribution >= 4 is 21.6 Å². The lowest BCUT2D eigenvalue weighted by Crippen LogP contribution is -2.01. The number of nitrogens with zero attached hydrogens (tertiary/aromatic N) is 1. The summed E-state index contributed by atoms with van der Waals surface area (Å²) in [4.78, 5) is 9.81. The minimum absolute atomic E-state index is 0.0795. The van der Waals surface area contributed by atoms with Gasteiger partial charge in [0.1, 0.15) is 5.82 Å². The first-order valence-corrected chi connectivity index (χ1v) is 4.90. The maximum absolute atomic E-state index is 12.7. The Hall–Kier alpha value is -1.17. The van der Waals surface area contributed by atoms with Crippen LogP contribution < -0.4 is 4.74 Å². The molecule has 1 aromatic carbocycles. The molecule has 0 radical (unpaired) electrons. The van der Waals surface area contributed by atoms with Gasteiger partial charge in [-0.3, -0.25) is 10.1 Å². The fourth-order valence-corrected chi connectivity index (χ4v) is 1.07. The van der Waals surface area contributed by atoms with Gasteiger partial charge in [-0.25, -0.2) is 4.39 Å². The second kappa shape index (κ2) is 4.90. The molecule has 0 atom stereocenters. The van der Waals surface area contributed by atoms with Crippen LogP contribution in [0.1, 0.15) is 0 Å². The van der Waals surface area contributed by atoms with E-state index >= 15 is 0 Å². The molecule has 0 aliphatic heterocycles. The molecule has 0 N–H and O–H groups in total. The highest BCUT2D eigenvalue weighted by molar-refractivity contribution is 9.09. The van der Waals surface area contributed by atoms with Crippen molar-refractivity contribution in [2.75, 3.05) is 11.9 Å². The number of rotatable bonds is 4. The summed E-state index contributed by atoms with van der Waals surface area (Å²) in [7, 11) is 0. The SMILES string of the molecule is O=[N+]([O-])c1cc(F)ccc1OCCBr. The fourth-order valence-electron chi connectivity index (χ4n) is 0.904. The maximum atomic E-state index is 12.7. The van der Waals surface area contributed by atoms with Gasteiger partial charge in [0.25, 0.3) is 0 Å². The van der Waals surface area contributed by atoms with Gasteiger partial charge >= 0.3 is 5.69 Å². The molecule has 0 saturated heterocycles. The lowest BCUT2D eigenvalue weighted by molar-refractivity contribution is -0.386. The standard InChI is InChI=1S/C8H7BrFNO3/c9-3-4-14-8-2-1-6(10)5-7(8)11(12)13/h1-2,5H,3-4H2. The summed E-state index contributed by atoms with van der Waals surface area (Å²) < 4.78 is 17.7. The molecule has 0 aromatic heterocycles. The summed E-state index contributed by atoms with van der Waals surface area (Å²) in [6.45, 7) is 0.298. The molecule has 1 rings (SSSR count). The minimum atomic E-state index is -0.674. The summed E-state index contributed by atoms with van der Waals surface area (Å²) in [6.07, 6.45) is 0. The molecule has 0 saturated carbocycles. The van der Waals surface area contributed by atoms with E-state index in [1.54, 1.807) is 0 Å². The highest BCUT2D eigenvalue weighted by atomic mass is 79.9. The van der Waals surface area contributed by atoms with Crippen LogP contribution in [0, 0.1) is 15.9 Å². The number of alkyl halides is 1. The maximum Gasteiger partial charge on any atom is 0.313 e. The Balaban J connectivity index is 2.96. The van der Waals surface area contributed by atoms with E-state index in [0.717, 1.165) is 12.1 Å². The first-order valence-electron chi connectivity index (χ1n) is 3.78. The van der Waals surface area contributed by atoms with Gasteiger partial charge in [0.2, 0.25) is 0 Å². The van der Waals surface area contributed by atoms with Crippen LogP contribution in [-0.2, 0) is 0 Å². The number of halogens is 2. The highest BCUT2D eigenvalue weighted by Crippen LogP contribution is 2.27. The van der Waals surface area contributed by atoms with Crippen molar-refractivity contribution in [1.29, 1.82) is 0 Å². The molecule has 76 valence electrons. The molecule has 0 spiro atoms. The smallest absolute Gasteiger partial charge is 0.313 e. The molecule has 14 heavy (non-hydrogen) atoms. The summed E-state index contributed by atoms with van der Waals surface area (Å²) in [5.74, 6) is -0.571. The van der Waals surface area contributed by atoms with Gasteiger partial charge in [0.15, 0.2) is 5.75 Å². The van der Waals surface area contributed by atoms with Crippen molar-refractivity contribution < 1.29 is 14.1 Å². The van der Waals surface area contributed by atoms with E-state index in [4.69, 9.17) is 4.74 Å². The molecular weight excluding hydrogens is 257 g/mol. The molecule has 0 fully saturated rings. The quantitative estimate of drug-likeness (QED) is 0.477. The number of benzene rings is 1. The van der Waals surface area contributed by atoms with Crippen LogP contribution in [0.3, 0.4) is 0 Å². The monoisotopic (exact) mass is 263 g/mol. The van der Waals surface area contributed by atoms with Crippen LogP contribution in [-0.4, -0.2) is 16.9 Å². The normalized spacial score (nSPS) is 9.86. The molecule has 0 amide bonds. The molecule has 0 bridgehead atoms. The van der Waals surface area contributed by atoms with E-state index in [1.807, 2.05) is 0 Å². The average molecular weight is 264 g/mol. The first kappa shape index (κ1) is 10.9. The van der Waals surface area contributed by atoms with Crippen LogP contribution in [0.4, 0.5) is 10.1 Å².